The zero-order valence-corrected chi connectivity index (χ0v) is 10.8. The van der Waals surface area contributed by atoms with Gasteiger partial charge in [-0.05, 0) is 19.4 Å². The van der Waals surface area contributed by atoms with E-state index in [-0.39, 0.29) is 6.04 Å². The summed E-state index contributed by atoms with van der Waals surface area (Å²) < 4.78 is 1.89. The second-order valence-corrected chi connectivity index (χ2v) is 4.33. The Labute approximate surface area is 107 Å². The highest BCUT2D eigenvalue weighted by molar-refractivity contribution is 5.25. The molecule has 0 aliphatic rings. The molecule has 18 heavy (non-hydrogen) atoms. The Morgan fingerprint density at radius 3 is 2.94 bits per heavy atom. The molecular formula is C13H19N5. The minimum absolute atomic E-state index is 0.0550. The van der Waals surface area contributed by atoms with Gasteiger partial charge < -0.3 is 0 Å². The van der Waals surface area contributed by atoms with Crippen LogP contribution in [-0.2, 0) is 13.0 Å². The number of nitrogens with two attached hydrogens (primary N) is 1. The summed E-state index contributed by atoms with van der Waals surface area (Å²) in [7, 11) is 0. The molecule has 0 radical (unpaired) electrons. The molecule has 2 aromatic rings. The zero-order chi connectivity index (χ0) is 13.0. The minimum Gasteiger partial charge on any atom is -0.271 e. The van der Waals surface area contributed by atoms with E-state index in [4.69, 9.17) is 5.84 Å². The van der Waals surface area contributed by atoms with Crippen LogP contribution >= 0.6 is 0 Å². The van der Waals surface area contributed by atoms with E-state index in [1.54, 1.807) is 6.33 Å². The number of hydrogen-bond acceptors (Lipinski definition) is 4. The average Bonchev–Trinajstić information content (AvgIpc) is 2.83. The van der Waals surface area contributed by atoms with Gasteiger partial charge in [0.05, 0.1) is 6.04 Å². The molecule has 0 aliphatic carbocycles. The van der Waals surface area contributed by atoms with Crippen LogP contribution in [0.15, 0.2) is 30.6 Å². The fraction of sp³-hybridized carbons (Fsp3) is 0.385. The predicted octanol–water partition coefficient (Wildman–Crippen LogP) is 1.35. The van der Waals surface area contributed by atoms with Gasteiger partial charge in [-0.1, -0.05) is 29.8 Å². The summed E-state index contributed by atoms with van der Waals surface area (Å²) in [6.07, 6.45) is 2.32. The Morgan fingerprint density at radius 2 is 2.28 bits per heavy atom. The van der Waals surface area contributed by atoms with E-state index in [0.717, 1.165) is 18.8 Å². The Hall–Kier alpha value is -1.72. The van der Waals surface area contributed by atoms with Crippen molar-refractivity contribution >= 4 is 0 Å². The first-order valence-electron chi connectivity index (χ1n) is 6.14. The molecule has 0 fully saturated rings. The molecule has 1 aromatic heterocycles. The Morgan fingerprint density at radius 1 is 1.44 bits per heavy atom. The lowest BCUT2D eigenvalue weighted by atomic mass is 10.0. The van der Waals surface area contributed by atoms with Gasteiger partial charge in [-0.3, -0.25) is 16.0 Å². The fourth-order valence-electron chi connectivity index (χ4n) is 2.05. The van der Waals surface area contributed by atoms with E-state index in [0.29, 0.717) is 0 Å². The molecule has 1 aromatic carbocycles. The molecule has 0 spiro atoms. The van der Waals surface area contributed by atoms with Gasteiger partial charge in [-0.2, -0.15) is 5.10 Å². The molecule has 5 heteroatoms. The van der Waals surface area contributed by atoms with Crippen LogP contribution in [0.5, 0.6) is 0 Å². The third-order valence-electron chi connectivity index (χ3n) is 3.03. The maximum Gasteiger partial charge on any atom is 0.138 e. The molecule has 0 aliphatic heterocycles. The van der Waals surface area contributed by atoms with Crippen LogP contribution < -0.4 is 11.3 Å². The van der Waals surface area contributed by atoms with Crippen molar-refractivity contribution in [2.24, 2.45) is 5.84 Å². The first-order valence-corrected chi connectivity index (χ1v) is 6.14. The molecular weight excluding hydrogens is 226 g/mol. The van der Waals surface area contributed by atoms with Crippen LogP contribution in [0.4, 0.5) is 0 Å². The predicted molar refractivity (Wildman–Crippen MR) is 70.6 cm³/mol. The fourth-order valence-corrected chi connectivity index (χ4v) is 2.05. The first kappa shape index (κ1) is 12.7. The van der Waals surface area contributed by atoms with Gasteiger partial charge in [-0.25, -0.2) is 4.98 Å². The average molecular weight is 245 g/mol. The van der Waals surface area contributed by atoms with Crippen LogP contribution in [0.25, 0.3) is 0 Å². The molecule has 3 N–H and O–H groups in total. The number of benzene rings is 1. The summed E-state index contributed by atoms with van der Waals surface area (Å²) in [6.45, 7) is 4.95. The number of nitrogens with zero attached hydrogens (tertiary/aromatic N) is 3. The van der Waals surface area contributed by atoms with Crippen LogP contribution in [0.3, 0.4) is 0 Å². The Balaban J connectivity index is 2.20. The number of nitrogens with one attached hydrogen (secondary N) is 1. The maximum atomic E-state index is 5.66. The minimum atomic E-state index is 0.0550. The monoisotopic (exact) mass is 245 g/mol. The standard InChI is InChI=1S/C13H19N5/c1-3-18-13(15-9-16-18)8-12(17-14)11-6-4-5-10(2)7-11/h4-7,9,12,17H,3,8,14H2,1-2H3. The normalized spacial score (nSPS) is 12.6. The van der Waals surface area contributed by atoms with E-state index < -0.39 is 0 Å². The molecule has 1 atom stereocenters. The molecule has 0 bridgehead atoms. The van der Waals surface area contributed by atoms with Gasteiger partial charge in [0, 0.05) is 13.0 Å². The van der Waals surface area contributed by atoms with Crippen molar-refractivity contribution in [3.63, 3.8) is 0 Å². The second-order valence-electron chi connectivity index (χ2n) is 4.33. The van der Waals surface area contributed by atoms with Crippen molar-refractivity contribution in [2.75, 3.05) is 0 Å². The third-order valence-corrected chi connectivity index (χ3v) is 3.03. The highest BCUT2D eigenvalue weighted by Gasteiger charge is 2.14. The summed E-state index contributed by atoms with van der Waals surface area (Å²) >= 11 is 0. The van der Waals surface area contributed by atoms with Crippen molar-refractivity contribution in [2.45, 2.75) is 32.9 Å². The molecule has 0 saturated carbocycles. The van der Waals surface area contributed by atoms with Crippen molar-refractivity contribution in [1.82, 2.24) is 20.2 Å². The summed E-state index contributed by atoms with van der Waals surface area (Å²) in [4.78, 5) is 4.28. The summed E-state index contributed by atoms with van der Waals surface area (Å²) in [5.74, 6) is 6.60. The number of hydrogen-bond donors (Lipinski definition) is 2. The van der Waals surface area contributed by atoms with E-state index in [2.05, 4.69) is 47.6 Å². The van der Waals surface area contributed by atoms with E-state index in [1.807, 2.05) is 10.7 Å². The lowest BCUT2D eigenvalue weighted by molar-refractivity contribution is 0.510. The highest BCUT2D eigenvalue weighted by atomic mass is 15.3. The van der Waals surface area contributed by atoms with Crippen molar-refractivity contribution in [3.05, 3.63) is 47.5 Å². The lowest BCUT2D eigenvalue weighted by Gasteiger charge is -2.16. The van der Waals surface area contributed by atoms with Gasteiger partial charge in [0.25, 0.3) is 0 Å². The van der Waals surface area contributed by atoms with Crippen molar-refractivity contribution in [1.29, 1.82) is 0 Å². The Bertz CT molecular complexity index is 506. The van der Waals surface area contributed by atoms with E-state index in [1.165, 1.54) is 11.1 Å². The smallest absolute Gasteiger partial charge is 0.138 e. The van der Waals surface area contributed by atoms with Gasteiger partial charge in [0.15, 0.2) is 0 Å². The van der Waals surface area contributed by atoms with Crippen LogP contribution in [0, 0.1) is 6.92 Å². The van der Waals surface area contributed by atoms with Gasteiger partial charge >= 0.3 is 0 Å². The van der Waals surface area contributed by atoms with E-state index >= 15 is 0 Å². The summed E-state index contributed by atoms with van der Waals surface area (Å²) in [5.41, 5.74) is 5.25. The van der Waals surface area contributed by atoms with Crippen LogP contribution in [-0.4, -0.2) is 14.8 Å². The molecule has 1 unspecified atom stereocenters. The summed E-state index contributed by atoms with van der Waals surface area (Å²) in [5, 5.41) is 4.17. The van der Waals surface area contributed by atoms with Crippen LogP contribution in [0.1, 0.15) is 29.9 Å². The highest BCUT2D eigenvalue weighted by Crippen LogP contribution is 2.17. The molecule has 96 valence electrons. The summed E-state index contributed by atoms with van der Waals surface area (Å²) in [6, 6.07) is 8.38. The van der Waals surface area contributed by atoms with Crippen LogP contribution in [0.2, 0.25) is 0 Å². The van der Waals surface area contributed by atoms with Gasteiger partial charge in [-0.15, -0.1) is 0 Å². The third kappa shape index (κ3) is 2.75. The SMILES string of the molecule is CCn1ncnc1CC(NN)c1cccc(C)c1. The lowest BCUT2D eigenvalue weighted by Crippen LogP contribution is -2.30. The molecule has 2 rings (SSSR count). The quantitative estimate of drug-likeness (QED) is 0.616. The topological polar surface area (TPSA) is 68.8 Å². The van der Waals surface area contributed by atoms with Crippen molar-refractivity contribution < 1.29 is 0 Å². The van der Waals surface area contributed by atoms with E-state index in [9.17, 15) is 0 Å². The number of aromatic nitrogens is 3. The zero-order valence-electron chi connectivity index (χ0n) is 10.8. The molecule has 5 nitrogen and oxygen atoms in total. The molecule has 0 saturated heterocycles. The second kappa shape index (κ2) is 5.75. The van der Waals surface area contributed by atoms with Gasteiger partial charge in [0.1, 0.15) is 12.2 Å². The van der Waals surface area contributed by atoms with Crippen molar-refractivity contribution in [3.8, 4) is 0 Å². The number of aryl methyl sites for hydroxylation is 2. The Kier molecular flexibility index (Phi) is 4.07. The van der Waals surface area contributed by atoms with Gasteiger partial charge in [0.2, 0.25) is 0 Å². The maximum absolute atomic E-state index is 5.66. The number of rotatable bonds is 5. The molecule has 0 amide bonds. The largest absolute Gasteiger partial charge is 0.271 e. The first-order chi connectivity index (χ1) is 8.74. The molecule has 1 heterocycles. The number of hydrazine groups is 1.